The summed E-state index contributed by atoms with van der Waals surface area (Å²) in [5.74, 6) is 0.554. The van der Waals surface area contributed by atoms with Crippen molar-refractivity contribution in [2.24, 2.45) is 0 Å². The number of rotatable bonds is 1. The van der Waals surface area contributed by atoms with Gasteiger partial charge in [-0.25, -0.2) is 9.38 Å². The summed E-state index contributed by atoms with van der Waals surface area (Å²) in [5, 5.41) is 0.239. The highest BCUT2D eigenvalue weighted by Crippen LogP contribution is 2.12. The highest BCUT2D eigenvalue weighted by Gasteiger charge is 2.11. The molecule has 1 aromatic carbocycles. The summed E-state index contributed by atoms with van der Waals surface area (Å²) in [6.07, 6.45) is 0. The Labute approximate surface area is 110 Å². The van der Waals surface area contributed by atoms with Crippen molar-refractivity contribution >= 4 is 23.4 Å². The quantitative estimate of drug-likeness (QED) is 0.661. The molecule has 0 amide bonds. The van der Waals surface area contributed by atoms with Gasteiger partial charge in [-0.2, -0.15) is 4.98 Å². The minimum atomic E-state index is -0.249. The normalized spacial score (nSPS) is 10.3. The van der Waals surface area contributed by atoms with E-state index in [-0.39, 0.29) is 16.7 Å². The zero-order valence-electron chi connectivity index (χ0n) is 11.2. The summed E-state index contributed by atoms with van der Waals surface area (Å²) in [6, 6.07) is 7.37. The monoisotopic (exact) mass is 257 g/mol. The molecule has 2 heterocycles. The van der Waals surface area contributed by atoms with Gasteiger partial charge in [0.1, 0.15) is 0 Å². The molecule has 0 N–H and O–H groups in total. The molecule has 0 radical (unpaired) electrons. The number of benzene rings is 1. The van der Waals surface area contributed by atoms with Crippen molar-refractivity contribution in [3.05, 3.63) is 39.8 Å². The van der Waals surface area contributed by atoms with E-state index >= 15 is 0 Å². The van der Waals surface area contributed by atoms with Gasteiger partial charge in [-0.15, -0.1) is 0 Å². The maximum Gasteiger partial charge on any atom is 0.270 e. The number of methoxy groups -OCH3 is 1. The van der Waals surface area contributed by atoms with Crippen LogP contribution in [0.2, 0.25) is 0 Å². The lowest BCUT2D eigenvalue weighted by molar-refractivity contribution is 0.393. The number of imidazole rings is 1. The molecule has 5 nitrogen and oxygen atoms in total. The van der Waals surface area contributed by atoms with Crippen molar-refractivity contribution in [2.45, 2.75) is 13.8 Å². The second-order valence-electron chi connectivity index (χ2n) is 3.64. The predicted molar refractivity (Wildman–Crippen MR) is 75.4 cm³/mol. The van der Waals surface area contributed by atoms with E-state index < -0.39 is 0 Å². The third-order valence-corrected chi connectivity index (χ3v) is 2.66. The van der Waals surface area contributed by atoms with Gasteiger partial charge >= 0.3 is 0 Å². The van der Waals surface area contributed by atoms with Crippen molar-refractivity contribution in [1.82, 2.24) is 14.4 Å². The van der Waals surface area contributed by atoms with Gasteiger partial charge in [0, 0.05) is 0 Å². The van der Waals surface area contributed by atoms with Crippen LogP contribution < -0.4 is 15.5 Å². The first kappa shape index (κ1) is 13.0. The largest absolute Gasteiger partial charge is 0.480 e. The predicted octanol–water partition coefficient (Wildman–Crippen LogP) is 1.41. The molecule has 0 unspecified atom stereocenters. The second-order valence-corrected chi connectivity index (χ2v) is 3.64. The molecule has 0 saturated carbocycles. The lowest BCUT2D eigenvalue weighted by Crippen LogP contribution is -2.31. The number of para-hydroxylation sites is 2. The number of fused-ring (bicyclic) bond motifs is 3. The number of nitrogens with zero attached hydrogens (tertiary/aromatic N) is 3. The van der Waals surface area contributed by atoms with Gasteiger partial charge in [-0.1, -0.05) is 32.6 Å². The maximum atomic E-state index is 12.1. The van der Waals surface area contributed by atoms with Crippen molar-refractivity contribution < 1.29 is 4.74 Å². The van der Waals surface area contributed by atoms with Crippen molar-refractivity contribution in [2.75, 3.05) is 7.11 Å². The van der Waals surface area contributed by atoms with Crippen molar-refractivity contribution in [3.63, 3.8) is 0 Å². The molecule has 98 valence electrons. The van der Waals surface area contributed by atoms with Gasteiger partial charge in [0.2, 0.25) is 11.7 Å². The van der Waals surface area contributed by atoms with E-state index in [2.05, 4.69) is 16.5 Å². The SMILES string of the molecule is C=c1c(OC)nc2nc3ccccc3n2c1=O.CC. The highest BCUT2D eigenvalue weighted by molar-refractivity contribution is 5.79. The van der Waals surface area contributed by atoms with E-state index in [1.165, 1.54) is 11.5 Å². The Morgan fingerprint density at radius 1 is 1.21 bits per heavy atom. The number of aromatic nitrogens is 3. The van der Waals surface area contributed by atoms with E-state index in [1.807, 2.05) is 38.1 Å². The Hall–Kier alpha value is -2.43. The molecule has 0 bridgehead atoms. The number of hydrogen-bond acceptors (Lipinski definition) is 4. The average molecular weight is 257 g/mol. The van der Waals surface area contributed by atoms with Gasteiger partial charge < -0.3 is 4.74 Å². The third kappa shape index (κ3) is 1.93. The molecule has 19 heavy (non-hydrogen) atoms. The standard InChI is InChI=1S/C12H9N3O2.C2H6/c1-7-10(17-2)14-12-13-8-5-3-4-6-9(8)15(12)11(7)16;1-2/h3-6H,1H2,2H3;1-2H3. The van der Waals surface area contributed by atoms with Crippen LogP contribution in [-0.2, 0) is 0 Å². The lowest BCUT2D eigenvalue weighted by atomic mass is 10.3. The Morgan fingerprint density at radius 2 is 1.89 bits per heavy atom. The molecule has 0 atom stereocenters. The Kier molecular flexibility index (Phi) is 3.46. The summed E-state index contributed by atoms with van der Waals surface area (Å²) >= 11 is 0. The topological polar surface area (TPSA) is 56.5 Å². The van der Waals surface area contributed by atoms with E-state index in [0.29, 0.717) is 5.78 Å². The summed E-state index contributed by atoms with van der Waals surface area (Å²) in [5.41, 5.74) is 1.21. The van der Waals surface area contributed by atoms with Gasteiger partial charge in [0.05, 0.1) is 23.4 Å². The first-order valence-electron chi connectivity index (χ1n) is 6.06. The molecule has 0 aliphatic rings. The van der Waals surface area contributed by atoms with Crippen molar-refractivity contribution in [3.8, 4) is 5.88 Å². The molecule has 3 aromatic rings. The molecule has 3 rings (SSSR count). The minimum absolute atomic E-state index is 0.220. The Balaban J connectivity index is 0.000000637. The van der Waals surface area contributed by atoms with Gasteiger partial charge in [-0.05, 0) is 12.1 Å². The van der Waals surface area contributed by atoms with Crippen LogP contribution in [0.15, 0.2) is 29.1 Å². The summed E-state index contributed by atoms with van der Waals surface area (Å²) in [4.78, 5) is 20.6. The Bertz CT molecular complexity index is 824. The zero-order valence-corrected chi connectivity index (χ0v) is 11.2. The smallest absolute Gasteiger partial charge is 0.270 e. The zero-order chi connectivity index (χ0) is 14.0. The first-order chi connectivity index (χ1) is 9.22. The molecule has 0 fully saturated rings. The fraction of sp³-hybridized carbons (Fsp3) is 0.214. The molecular formula is C14H15N3O2. The number of hydrogen-bond donors (Lipinski definition) is 0. The summed E-state index contributed by atoms with van der Waals surface area (Å²) in [6.45, 7) is 7.68. The van der Waals surface area contributed by atoms with Gasteiger partial charge in [0.15, 0.2) is 0 Å². The van der Waals surface area contributed by atoms with Crippen LogP contribution in [0.1, 0.15) is 13.8 Å². The van der Waals surface area contributed by atoms with Gasteiger partial charge in [0.25, 0.3) is 5.56 Å². The molecular weight excluding hydrogens is 242 g/mol. The van der Waals surface area contributed by atoms with E-state index in [9.17, 15) is 4.79 Å². The van der Waals surface area contributed by atoms with E-state index in [1.54, 1.807) is 0 Å². The van der Waals surface area contributed by atoms with Crippen LogP contribution in [0.5, 0.6) is 5.88 Å². The Morgan fingerprint density at radius 3 is 2.58 bits per heavy atom. The highest BCUT2D eigenvalue weighted by atomic mass is 16.5. The fourth-order valence-corrected chi connectivity index (χ4v) is 1.84. The van der Waals surface area contributed by atoms with Gasteiger partial charge in [-0.3, -0.25) is 4.79 Å². The maximum absolute atomic E-state index is 12.1. The summed E-state index contributed by atoms with van der Waals surface area (Å²) in [7, 11) is 1.45. The molecule has 0 aliphatic heterocycles. The van der Waals surface area contributed by atoms with Crippen LogP contribution >= 0.6 is 0 Å². The lowest BCUT2D eigenvalue weighted by Gasteiger charge is -1.99. The number of ether oxygens (including phenoxy) is 1. The van der Waals surface area contributed by atoms with E-state index in [4.69, 9.17) is 4.74 Å². The minimum Gasteiger partial charge on any atom is -0.480 e. The fourth-order valence-electron chi connectivity index (χ4n) is 1.84. The van der Waals surface area contributed by atoms with Crippen LogP contribution in [0, 0.1) is 0 Å². The van der Waals surface area contributed by atoms with E-state index in [0.717, 1.165) is 11.0 Å². The first-order valence-corrected chi connectivity index (χ1v) is 6.06. The molecule has 5 heteroatoms. The summed E-state index contributed by atoms with van der Waals surface area (Å²) < 4.78 is 6.45. The van der Waals surface area contributed by atoms with Crippen LogP contribution in [0.3, 0.4) is 0 Å². The molecule has 2 aromatic heterocycles. The third-order valence-electron chi connectivity index (χ3n) is 2.66. The molecule has 0 saturated heterocycles. The van der Waals surface area contributed by atoms with Crippen LogP contribution in [-0.4, -0.2) is 21.5 Å². The van der Waals surface area contributed by atoms with Crippen LogP contribution in [0.4, 0.5) is 0 Å². The molecule has 0 aliphatic carbocycles. The average Bonchev–Trinajstić information content (AvgIpc) is 2.83. The van der Waals surface area contributed by atoms with Crippen molar-refractivity contribution in [1.29, 1.82) is 0 Å². The van der Waals surface area contributed by atoms with Crippen LogP contribution in [0.25, 0.3) is 23.4 Å². The molecule has 0 spiro atoms. The second kappa shape index (κ2) is 5.06.